The molecule has 2 saturated carbocycles. The summed E-state index contributed by atoms with van der Waals surface area (Å²) < 4.78 is 9.98. The second kappa shape index (κ2) is 8.24. The highest BCUT2D eigenvalue weighted by Crippen LogP contribution is 2.33. The summed E-state index contributed by atoms with van der Waals surface area (Å²) in [6, 6.07) is 0. The summed E-state index contributed by atoms with van der Waals surface area (Å²) in [6.07, 6.45) is 2.37. The summed E-state index contributed by atoms with van der Waals surface area (Å²) in [6.45, 7) is 10.7. The van der Waals surface area contributed by atoms with E-state index in [0.29, 0.717) is 0 Å². The van der Waals surface area contributed by atoms with Crippen LogP contribution in [-0.4, -0.2) is 46.5 Å². The molecule has 3 N–H and O–H groups in total. The average Bonchev–Trinajstić information content (AvgIpc) is 3.30. The third kappa shape index (κ3) is 9.60. The second-order valence-corrected chi connectivity index (χ2v) is 8.83. The molecule has 8 heteroatoms. The molecule has 0 bridgehead atoms. The molecule has 0 aromatic rings. The van der Waals surface area contributed by atoms with Gasteiger partial charge in [0.05, 0.1) is 5.54 Å². The largest absolute Gasteiger partial charge is 0.444 e. The lowest BCUT2D eigenvalue weighted by atomic mass is 10.2. The molecule has 0 aliphatic heterocycles. The summed E-state index contributed by atoms with van der Waals surface area (Å²) in [4.78, 5) is 32.8. The van der Waals surface area contributed by atoms with E-state index in [9.17, 15) is 19.5 Å². The van der Waals surface area contributed by atoms with Crippen LogP contribution in [-0.2, 0) is 14.3 Å². The standard InChI is InChI=1S/C9H15NO3.C9H17NO3/c1-8(2,3)13-7(12)10-9(6-11)4-5-9;1-9(2,3)13-8(12)10-7(11)6-4-5-6/h6H,4-5H2,1-3H3,(H,10,12);6-7,11H,4-5H2,1-3H3,(H,10,12). The third-order valence-corrected chi connectivity index (χ3v) is 3.50. The fourth-order valence-corrected chi connectivity index (χ4v) is 1.87. The number of aliphatic hydroxyl groups is 1. The van der Waals surface area contributed by atoms with Crippen molar-refractivity contribution in [1.82, 2.24) is 10.6 Å². The SMILES string of the molecule is CC(C)(C)OC(=O)NC(O)C1CC1.CC(C)(C)OC(=O)NC1(C=O)CC1. The van der Waals surface area contributed by atoms with E-state index >= 15 is 0 Å². The fourth-order valence-electron chi connectivity index (χ4n) is 1.87. The third-order valence-electron chi connectivity index (χ3n) is 3.50. The van der Waals surface area contributed by atoms with Crippen molar-refractivity contribution in [2.45, 2.75) is 90.2 Å². The number of amides is 2. The van der Waals surface area contributed by atoms with Crippen molar-refractivity contribution in [2.24, 2.45) is 5.92 Å². The zero-order valence-corrected chi connectivity index (χ0v) is 16.5. The van der Waals surface area contributed by atoms with E-state index in [0.717, 1.165) is 32.0 Å². The first-order valence-corrected chi connectivity index (χ1v) is 8.90. The molecule has 150 valence electrons. The van der Waals surface area contributed by atoms with Crippen LogP contribution in [0, 0.1) is 5.92 Å². The van der Waals surface area contributed by atoms with E-state index in [1.165, 1.54) is 0 Å². The molecule has 2 amide bonds. The Morgan fingerprint density at radius 3 is 1.85 bits per heavy atom. The average molecular weight is 372 g/mol. The topological polar surface area (TPSA) is 114 Å². The number of hydrogen-bond donors (Lipinski definition) is 3. The molecule has 0 aromatic carbocycles. The van der Waals surface area contributed by atoms with Crippen molar-refractivity contribution >= 4 is 18.5 Å². The highest BCUT2D eigenvalue weighted by molar-refractivity contribution is 5.79. The Bertz CT molecular complexity index is 513. The molecule has 2 aliphatic carbocycles. The van der Waals surface area contributed by atoms with Gasteiger partial charge < -0.3 is 24.7 Å². The van der Waals surface area contributed by atoms with Crippen LogP contribution in [0.3, 0.4) is 0 Å². The number of alkyl carbamates (subject to hydrolysis) is 2. The lowest BCUT2D eigenvalue weighted by Crippen LogP contribution is -2.41. The summed E-state index contributed by atoms with van der Waals surface area (Å²) in [5.74, 6) is 0.229. The zero-order valence-electron chi connectivity index (χ0n) is 16.5. The van der Waals surface area contributed by atoms with Crippen LogP contribution in [0.1, 0.15) is 67.2 Å². The highest BCUT2D eigenvalue weighted by atomic mass is 16.6. The van der Waals surface area contributed by atoms with Gasteiger partial charge in [0.25, 0.3) is 0 Å². The maximum Gasteiger partial charge on any atom is 0.409 e. The van der Waals surface area contributed by atoms with Gasteiger partial charge in [0.2, 0.25) is 0 Å². The number of carbonyl (C=O) groups excluding carboxylic acids is 3. The Hall–Kier alpha value is -1.83. The quantitative estimate of drug-likeness (QED) is 0.516. The van der Waals surface area contributed by atoms with Gasteiger partial charge in [-0.15, -0.1) is 0 Å². The van der Waals surface area contributed by atoms with Crippen molar-refractivity contribution in [3.05, 3.63) is 0 Å². The van der Waals surface area contributed by atoms with Gasteiger partial charge in [0.15, 0.2) is 0 Å². The summed E-state index contributed by atoms with van der Waals surface area (Å²) in [7, 11) is 0. The number of aliphatic hydroxyl groups excluding tert-OH is 1. The molecule has 1 atom stereocenters. The Morgan fingerprint density at radius 2 is 1.50 bits per heavy atom. The molecule has 0 radical (unpaired) electrons. The monoisotopic (exact) mass is 372 g/mol. The lowest BCUT2D eigenvalue weighted by Gasteiger charge is -2.21. The molecular formula is C18H32N2O6. The molecular weight excluding hydrogens is 340 g/mol. The van der Waals surface area contributed by atoms with Gasteiger partial charge >= 0.3 is 12.2 Å². The van der Waals surface area contributed by atoms with Crippen LogP contribution in [0.4, 0.5) is 9.59 Å². The van der Waals surface area contributed by atoms with Crippen molar-refractivity contribution < 1.29 is 29.0 Å². The Morgan fingerprint density at radius 1 is 1.04 bits per heavy atom. The van der Waals surface area contributed by atoms with Crippen molar-refractivity contribution in [3.63, 3.8) is 0 Å². The molecule has 0 spiro atoms. The predicted octanol–water partition coefficient (Wildman–Crippen LogP) is 2.48. The van der Waals surface area contributed by atoms with Gasteiger partial charge in [-0.05, 0) is 67.2 Å². The van der Waals surface area contributed by atoms with Crippen LogP contribution in [0.2, 0.25) is 0 Å². The molecule has 26 heavy (non-hydrogen) atoms. The second-order valence-electron chi connectivity index (χ2n) is 8.83. The van der Waals surface area contributed by atoms with Gasteiger partial charge in [-0.3, -0.25) is 5.32 Å². The fraction of sp³-hybridized carbons (Fsp3) is 0.833. The summed E-state index contributed by atoms with van der Waals surface area (Å²) in [5.41, 5.74) is -1.64. The van der Waals surface area contributed by atoms with Gasteiger partial charge in [0.1, 0.15) is 23.7 Å². The molecule has 2 fully saturated rings. The van der Waals surface area contributed by atoms with Gasteiger partial charge in [-0.25, -0.2) is 9.59 Å². The van der Waals surface area contributed by atoms with Gasteiger partial charge in [-0.1, -0.05) is 0 Å². The Balaban J connectivity index is 0.000000260. The van der Waals surface area contributed by atoms with Crippen LogP contribution in [0.15, 0.2) is 0 Å². The smallest absolute Gasteiger partial charge is 0.409 e. The van der Waals surface area contributed by atoms with Gasteiger partial charge in [-0.2, -0.15) is 0 Å². The molecule has 0 aromatic heterocycles. The molecule has 1 unspecified atom stereocenters. The van der Waals surface area contributed by atoms with E-state index in [1.807, 2.05) is 0 Å². The summed E-state index contributed by atoms with van der Waals surface area (Å²) >= 11 is 0. The maximum absolute atomic E-state index is 11.2. The van der Waals surface area contributed by atoms with Gasteiger partial charge in [0, 0.05) is 5.92 Å². The minimum Gasteiger partial charge on any atom is -0.444 e. The van der Waals surface area contributed by atoms with E-state index in [-0.39, 0.29) is 5.92 Å². The summed E-state index contributed by atoms with van der Waals surface area (Å²) in [5, 5.41) is 14.3. The van der Waals surface area contributed by atoms with E-state index in [2.05, 4.69) is 10.6 Å². The first kappa shape index (κ1) is 22.2. The number of aldehydes is 1. The van der Waals surface area contributed by atoms with Crippen LogP contribution < -0.4 is 10.6 Å². The Kier molecular flexibility index (Phi) is 7.04. The minimum absolute atomic E-state index is 0.229. The molecule has 0 heterocycles. The van der Waals surface area contributed by atoms with Crippen LogP contribution in [0.25, 0.3) is 0 Å². The molecule has 8 nitrogen and oxygen atoms in total. The molecule has 2 rings (SSSR count). The first-order valence-electron chi connectivity index (χ1n) is 8.90. The number of nitrogens with one attached hydrogen (secondary N) is 2. The Labute approximate surface area is 155 Å². The van der Waals surface area contributed by atoms with Crippen molar-refractivity contribution in [1.29, 1.82) is 0 Å². The molecule has 2 aliphatic rings. The van der Waals surface area contributed by atoms with E-state index in [1.54, 1.807) is 41.5 Å². The van der Waals surface area contributed by atoms with Crippen LogP contribution in [0.5, 0.6) is 0 Å². The number of ether oxygens (including phenoxy) is 2. The normalized spacial score (nSPS) is 19.2. The van der Waals surface area contributed by atoms with E-state index in [4.69, 9.17) is 9.47 Å². The number of rotatable bonds is 4. The number of hydrogen-bond acceptors (Lipinski definition) is 6. The van der Waals surface area contributed by atoms with Crippen molar-refractivity contribution in [2.75, 3.05) is 0 Å². The zero-order chi connectivity index (χ0) is 20.2. The van der Waals surface area contributed by atoms with Crippen LogP contribution >= 0.6 is 0 Å². The number of carbonyl (C=O) groups is 3. The van der Waals surface area contributed by atoms with Crippen molar-refractivity contribution in [3.8, 4) is 0 Å². The first-order chi connectivity index (χ1) is 11.8. The lowest BCUT2D eigenvalue weighted by molar-refractivity contribution is -0.110. The van der Waals surface area contributed by atoms with E-state index < -0.39 is 35.2 Å². The minimum atomic E-state index is -0.741. The predicted molar refractivity (Wildman–Crippen MR) is 95.5 cm³/mol. The molecule has 0 saturated heterocycles. The maximum atomic E-state index is 11.2. The highest BCUT2D eigenvalue weighted by Gasteiger charge is 2.45.